The molecule has 0 saturated heterocycles. The topological polar surface area (TPSA) is 16.4 Å². The number of rotatable bonds is 6. The lowest BCUT2D eigenvalue weighted by Crippen LogP contribution is -2.10. The van der Waals surface area contributed by atoms with Crippen molar-refractivity contribution in [2.24, 2.45) is 0 Å². The van der Waals surface area contributed by atoms with Crippen LogP contribution in [-0.2, 0) is 0 Å². The Hall–Kier alpha value is -6.94. The van der Waals surface area contributed by atoms with Gasteiger partial charge in [-0.3, -0.25) is 0 Å². The fourth-order valence-electron chi connectivity index (χ4n) is 8.18. The first-order valence-corrected chi connectivity index (χ1v) is 19.5. The van der Waals surface area contributed by atoms with Crippen LogP contribution in [0.15, 0.2) is 205 Å². The van der Waals surface area contributed by atoms with Gasteiger partial charge in [-0.15, -0.1) is 11.3 Å². The van der Waals surface area contributed by atoms with E-state index < -0.39 is 0 Å². The highest BCUT2D eigenvalue weighted by Gasteiger charge is 2.21. The third-order valence-corrected chi connectivity index (χ3v) is 12.1. The zero-order valence-corrected chi connectivity index (χ0v) is 30.6. The Bertz CT molecular complexity index is 3210. The summed E-state index contributed by atoms with van der Waals surface area (Å²) in [7, 11) is 0. The van der Waals surface area contributed by atoms with Crippen LogP contribution in [0.4, 0.5) is 17.1 Å². The van der Waals surface area contributed by atoms with Crippen LogP contribution in [0.1, 0.15) is 0 Å². The molecule has 0 N–H and O–H groups in total. The second kappa shape index (κ2) is 12.9. The number of thiophene rings is 1. The van der Waals surface area contributed by atoms with Crippen LogP contribution < -0.4 is 4.90 Å². The van der Waals surface area contributed by atoms with Crippen molar-refractivity contribution in [2.75, 3.05) is 4.90 Å². The maximum absolute atomic E-state index is 6.26. The maximum Gasteiger partial charge on any atom is 0.135 e. The van der Waals surface area contributed by atoms with Crippen LogP contribution in [0, 0.1) is 0 Å². The van der Waals surface area contributed by atoms with Crippen molar-refractivity contribution in [3.63, 3.8) is 0 Å². The SMILES string of the molecule is c1ccc(-c2ccc(N(c3ccc(-c4ccc5ccccc5c4)cc3)c3cccc4c3sc3ccccc34)cc2-c2ccc3oc4ccccc4c3c2)cc1. The Morgan fingerprint density at radius 2 is 1.05 bits per heavy atom. The van der Waals surface area contributed by atoms with Crippen molar-refractivity contribution in [2.45, 2.75) is 0 Å². The monoisotopic (exact) mass is 719 g/mol. The lowest BCUT2D eigenvalue weighted by Gasteiger charge is -2.27. The molecule has 0 aliphatic carbocycles. The molecule has 0 unspecified atom stereocenters. The van der Waals surface area contributed by atoms with E-state index >= 15 is 0 Å². The number of benzene rings is 9. The molecule has 0 amide bonds. The lowest BCUT2D eigenvalue weighted by molar-refractivity contribution is 0.669. The van der Waals surface area contributed by atoms with E-state index in [1.165, 1.54) is 53.2 Å². The fourth-order valence-corrected chi connectivity index (χ4v) is 9.39. The van der Waals surface area contributed by atoms with Crippen molar-refractivity contribution >= 4 is 81.3 Å². The first-order chi connectivity index (χ1) is 27.2. The summed E-state index contributed by atoms with van der Waals surface area (Å²) in [6.07, 6.45) is 0. The largest absolute Gasteiger partial charge is 0.456 e. The Kier molecular flexibility index (Phi) is 7.39. The molecule has 0 aliphatic rings. The number of hydrogen-bond donors (Lipinski definition) is 0. The molecule has 11 aromatic rings. The van der Waals surface area contributed by atoms with Gasteiger partial charge in [0.1, 0.15) is 11.2 Å². The Morgan fingerprint density at radius 1 is 0.364 bits per heavy atom. The second-order valence-electron chi connectivity index (χ2n) is 14.1. The van der Waals surface area contributed by atoms with Crippen LogP contribution >= 0.6 is 11.3 Å². The van der Waals surface area contributed by atoms with Gasteiger partial charge in [0.15, 0.2) is 0 Å². The van der Waals surface area contributed by atoms with Crippen LogP contribution in [0.3, 0.4) is 0 Å². The molecule has 0 aliphatic heterocycles. The summed E-state index contributed by atoms with van der Waals surface area (Å²) in [5, 5.41) is 7.30. The summed E-state index contributed by atoms with van der Waals surface area (Å²) in [4.78, 5) is 2.44. The van der Waals surface area contributed by atoms with E-state index in [0.29, 0.717) is 0 Å². The fraction of sp³-hybridized carbons (Fsp3) is 0. The summed E-state index contributed by atoms with van der Waals surface area (Å²) in [6.45, 7) is 0. The molecule has 2 aromatic heterocycles. The standard InChI is InChI=1S/C52H33NOS/c1-2-12-36(13-3-1)42-29-28-41(33-46(42)39-25-30-50-47(32-39)43-15-6-8-19-49(43)54-50)53(48-18-10-17-45-44-16-7-9-20-51(44)55-52(45)48)40-26-23-35(24-27-40)38-22-21-34-11-4-5-14-37(34)31-38/h1-33H. The third-order valence-electron chi connectivity index (χ3n) is 10.9. The van der Waals surface area contributed by atoms with Crippen LogP contribution in [0.25, 0.3) is 86.3 Å². The van der Waals surface area contributed by atoms with E-state index in [1.807, 2.05) is 23.5 Å². The molecule has 258 valence electrons. The van der Waals surface area contributed by atoms with Gasteiger partial charge in [-0.1, -0.05) is 140 Å². The number of fused-ring (bicyclic) bond motifs is 7. The van der Waals surface area contributed by atoms with Crippen LogP contribution in [-0.4, -0.2) is 0 Å². The Balaban J connectivity index is 1.12. The molecule has 11 rings (SSSR count). The summed E-state index contributed by atoms with van der Waals surface area (Å²) in [5.74, 6) is 0. The number of anilines is 3. The highest BCUT2D eigenvalue weighted by Crippen LogP contribution is 2.47. The van der Waals surface area contributed by atoms with E-state index in [0.717, 1.165) is 50.1 Å². The molecule has 0 atom stereocenters. The van der Waals surface area contributed by atoms with Crippen molar-refractivity contribution in [3.05, 3.63) is 200 Å². The summed E-state index contributed by atoms with van der Waals surface area (Å²) in [5.41, 5.74) is 12.2. The zero-order chi connectivity index (χ0) is 36.3. The molecular formula is C52H33NOS. The smallest absolute Gasteiger partial charge is 0.135 e. The minimum Gasteiger partial charge on any atom is -0.456 e. The number of para-hydroxylation sites is 1. The van der Waals surface area contributed by atoms with Gasteiger partial charge in [0.25, 0.3) is 0 Å². The van der Waals surface area contributed by atoms with E-state index in [2.05, 4.69) is 193 Å². The molecular weight excluding hydrogens is 687 g/mol. The second-order valence-corrected chi connectivity index (χ2v) is 15.2. The highest BCUT2D eigenvalue weighted by molar-refractivity contribution is 7.26. The molecule has 2 heterocycles. The molecule has 3 heteroatoms. The zero-order valence-electron chi connectivity index (χ0n) is 29.8. The number of furan rings is 1. The Morgan fingerprint density at radius 3 is 1.95 bits per heavy atom. The van der Waals surface area contributed by atoms with Gasteiger partial charge in [-0.05, 0) is 105 Å². The van der Waals surface area contributed by atoms with Crippen molar-refractivity contribution in [3.8, 4) is 33.4 Å². The lowest BCUT2D eigenvalue weighted by atomic mass is 9.92. The first kappa shape index (κ1) is 31.6. The molecule has 9 aromatic carbocycles. The van der Waals surface area contributed by atoms with E-state index in [4.69, 9.17) is 4.42 Å². The first-order valence-electron chi connectivity index (χ1n) is 18.7. The number of hydrogen-bond acceptors (Lipinski definition) is 3. The molecule has 55 heavy (non-hydrogen) atoms. The van der Waals surface area contributed by atoms with Crippen molar-refractivity contribution < 1.29 is 4.42 Å². The normalized spacial score (nSPS) is 11.6. The molecule has 0 fully saturated rings. The summed E-state index contributed by atoms with van der Waals surface area (Å²) in [6, 6.07) is 72.4. The average Bonchev–Trinajstić information content (AvgIpc) is 3.83. The minimum absolute atomic E-state index is 0.895. The van der Waals surface area contributed by atoms with Gasteiger partial charge in [0.2, 0.25) is 0 Å². The van der Waals surface area contributed by atoms with Crippen LogP contribution in [0.2, 0.25) is 0 Å². The van der Waals surface area contributed by atoms with Gasteiger partial charge < -0.3 is 9.32 Å². The predicted octanol–water partition coefficient (Wildman–Crippen LogP) is 15.6. The molecule has 0 spiro atoms. The van der Waals surface area contributed by atoms with Gasteiger partial charge >= 0.3 is 0 Å². The molecule has 0 bridgehead atoms. The third kappa shape index (κ3) is 5.40. The number of nitrogens with zero attached hydrogens (tertiary/aromatic N) is 1. The highest BCUT2D eigenvalue weighted by atomic mass is 32.1. The van der Waals surface area contributed by atoms with E-state index in [-0.39, 0.29) is 0 Å². The molecule has 0 saturated carbocycles. The summed E-state index contributed by atoms with van der Waals surface area (Å²) >= 11 is 1.86. The van der Waals surface area contributed by atoms with Crippen molar-refractivity contribution in [1.82, 2.24) is 0 Å². The predicted molar refractivity (Wildman–Crippen MR) is 235 cm³/mol. The quantitative estimate of drug-likeness (QED) is 0.170. The van der Waals surface area contributed by atoms with E-state index in [1.54, 1.807) is 0 Å². The van der Waals surface area contributed by atoms with Gasteiger partial charge in [-0.2, -0.15) is 0 Å². The molecule has 0 radical (unpaired) electrons. The van der Waals surface area contributed by atoms with Crippen LogP contribution in [0.5, 0.6) is 0 Å². The minimum atomic E-state index is 0.895. The van der Waals surface area contributed by atoms with Crippen molar-refractivity contribution in [1.29, 1.82) is 0 Å². The average molecular weight is 720 g/mol. The van der Waals surface area contributed by atoms with Gasteiger partial charge in [0.05, 0.1) is 10.4 Å². The Labute approximate surface area is 322 Å². The summed E-state index contributed by atoms with van der Waals surface area (Å²) < 4.78 is 8.81. The van der Waals surface area contributed by atoms with E-state index in [9.17, 15) is 0 Å². The van der Waals surface area contributed by atoms with Gasteiger partial charge in [-0.25, -0.2) is 0 Å². The molecule has 2 nitrogen and oxygen atoms in total. The van der Waals surface area contributed by atoms with Gasteiger partial charge in [0, 0.05) is 37.6 Å². The maximum atomic E-state index is 6.26.